The second-order valence-corrected chi connectivity index (χ2v) is 6.01. The molecule has 1 N–H and O–H groups in total. The average molecular weight is 313 g/mol. The third-order valence-electron chi connectivity index (χ3n) is 2.69. The molecule has 0 saturated carbocycles. The fraction of sp³-hybridized carbons (Fsp3) is 0.357. The van der Waals surface area contributed by atoms with Crippen LogP contribution in [-0.4, -0.2) is 33.8 Å². The minimum Gasteiger partial charge on any atom is -0.497 e. The van der Waals surface area contributed by atoms with Crippen LogP contribution in [0, 0.1) is 0 Å². The zero-order valence-electron chi connectivity index (χ0n) is 12.3. The average Bonchev–Trinajstić information content (AvgIpc) is 2.43. The van der Waals surface area contributed by atoms with Gasteiger partial charge in [-0.2, -0.15) is 8.42 Å². The van der Waals surface area contributed by atoms with Crippen LogP contribution in [0.25, 0.3) is 0 Å². The van der Waals surface area contributed by atoms with Crippen molar-refractivity contribution in [3.63, 3.8) is 0 Å². The summed E-state index contributed by atoms with van der Waals surface area (Å²) in [7, 11) is -2.11. The van der Waals surface area contributed by atoms with Gasteiger partial charge in [0, 0.05) is 11.3 Å². The quantitative estimate of drug-likeness (QED) is 0.614. The van der Waals surface area contributed by atoms with Gasteiger partial charge in [-0.05, 0) is 30.7 Å². The lowest BCUT2D eigenvalue weighted by Gasteiger charge is -2.16. The molecule has 0 aliphatic heterocycles. The van der Waals surface area contributed by atoms with E-state index in [0.29, 0.717) is 17.9 Å². The highest BCUT2D eigenvalue weighted by atomic mass is 32.2. The van der Waals surface area contributed by atoms with E-state index < -0.39 is 22.1 Å². The summed E-state index contributed by atoms with van der Waals surface area (Å²) in [5, 5.41) is 2.62. The van der Waals surface area contributed by atoms with Gasteiger partial charge >= 0.3 is 0 Å². The highest BCUT2D eigenvalue weighted by Crippen LogP contribution is 2.18. The second kappa shape index (κ2) is 7.24. The van der Waals surface area contributed by atoms with Crippen molar-refractivity contribution in [2.24, 2.45) is 0 Å². The molecule has 0 aliphatic carbocycles. The fourth-order valence-corrected chi connectivity index (χ4v) is 2.29. The van der Waals surface area contributed by atoms with Crippen molar-refractivity contribution in [1.29, 1.82) is 0 Å². The number of rotatable bonds is 7. The Morgan fingerprint density at radius 3 is 2.33 bits per heavy atom. The molecule has 0 heterocycles. The van der Waals surface area contributed by atoms with E-state index in [1.807, 2.05) is 0 Å². The predicted molar refractivity (Wildman–Crippen MR) is 80.8 cm³/mol. The summed E-state index contributed by atoms with van der Waals surface area (Å²) in [4.78, 5) is 12.0. The summed E-state index contributed by atoms with van der Waals surface area (Å²) in [6.07, 6.45) is 0.380. The molecule has 1 aromatic carbocycles. The SMILES string of the molecule is C=C(C(=O)Nc1ccc(OC)cc1)C(CC)OS(C)(=O)=O. The van der Waals surface area contributed by atoms with E-state index in [9.17, 15) is 13.2 Å². The Hall–Kier alpha value is -1.86. The number of hydrogen-bond acceptors (Lipinski definition) is 5. The number of hydrogen-bond donors (Lipinski definition) is 1. The summed E-state index contributed by atoms with van der Waals surface area (Å²) in [5.74, 6) is 0.175. The van der Waals surface area contributed by atoms with Gasteiger partial charge in [-0.3, -0.25) is 8.98 Å². The Morgan fingerprint density at radius 2 is 1.90 bits per heavy atom. The van der Waals surface area contributed by atoms with Gasteiger partial charge in [-0.1, -0.05) is 13.5 Å². The maximum atomic E-state index is 12.0. The van der Waals surface area contributed by atoms with Crippen LogP contribution in [0.3, 0.4) is 0 Å². The van der Waals surface area contributed by atoms with E-state index in [0.717, 1.165) is 6.26 Å². The lowest BCUT2D eigenvalue weighted by atomic mass is 10.1. The van der Waals surface area contributed by atoms with Crippen LogP contribution >= 0.6 is 0 Å². The van der Waals surface area contributed by atoms with Crippen molar-refractivity contribution < 1.29 is 22.1 Å². The number of anilines is 1. The normalized spacial score (nSPS) is 12.5. The molecule has 1 unspecified atom stereocenters. The highest BCUT2D eigenvalue weighted by Gasteiger charge is 2.22. The van der Waals surface area contributed by atoms with Crippen LogP contribution in [0.4, 0.5) is 5.69 Å². The third kappa shape index (κ3) is 5.57. The monoisotopic (exact) mass is 313 g/mol. The van der Waals surface area contributed by atoms with Crippen LogP contribution in [-0.2, 0) is 19.1 Å². The van der Waals surface area contributed by atoms with Gasteiger partial charge in [0.05, 0.1) is 13.4 Å². The molecular weight excluding hydrogens is 294 g/mol. The molecule has 0 aliphatic rings. The van der Waals surface area contributed by atoms with Crippen molar-refractivity contribution >= 4 is 21.7 Å². The fourth-order valence-electron chi connectivity index (χ4n) is 1.62. The Morgan fingerprint density at radius 1 is 1.33 bits per heavy atom. The van der Waals surface area contributed by atoms with E-state index in [-0.39, 0.29) is 5.57 Å². The van der Waals surface area contributed by atoms with Gasteiger partial charge in [0.25, 0.3) is 16.0 Å². The summed E-state index contributed by atoms with van der Waals surface area (Å²) < 4.78 is 32.1. The lowest BCUT2D eigenvalue weighted by Crippen LogP contribution is -2.27. The standard InChI is InChI=1S/C14H19NO5S/c1-5-13(20-21(4,17)18)10(2)14(16)15-11-6-8-12(19-3)9-7-11/h6-9,13H,2,5H2,1,3-4H3,(H,15,16). The van der Waals surface area contributed by atoms with Crippen LogP contribution in [0.15, 0.2) is 36.4 Å². The zero-order chi connectivity index (χ0) is 16.0. The Balaban J connectivity index is 2.74. The maximum absolute atomic E-state index is 12.0. The van der Waals surface area contributed by atoms with Gasteiger partial charge in [-0.15, -0.1) is 0 Å². The molecule has 1 aromatic rings. The Labute approximate surface area is 124 Å². The van der Waals surface area contributed by atoms with Crippen LogP contribution in [0.2, 0.25) is 0 Å². The predicted octanol–water partition coefficient (Wildman–Crippen LogP) is 1.94. The Bertz CT molecular complexity index is 607. The Kier molecular flexibility index (Phi) is 5.92. The van der Waals surface area contributed by atoms with Gasteiger partial charge in [0.1, 0.15) is 11.9 Å². The number of benzene rings is 1. The van der Waals surface area contributed by atoms with E-state index in [4.69, 9.17) is 8.92 Å². The maximum Gasteiger partial charge on any atom is 0.264 e. The lowest BCUT2D eigenvalue weighted by molar-refractivity contribution is -0.113. The summed E-state index contributed by atoms with van der Waals surface area (Å²) in [5.41, 5.74) is 0.606. The van der Waals surface area contributed by atoms with E-state index in [2.05, 4.69) is 11.9 Å². The highest BCUT2D eigenvalue weighted by molar-refractivity contribution is 7.86. The molecular formula is C14H19NO5S. The summed E-state index contributed by atoms with van der Waals surface area (Å²) >= 11 is 0. The van der Waals surface area contributed by atoms with E-state index >= 15 is 0 Å². The summed E-state index contributed by atoms with van der Waals surface area (Å²) in [6, 6.07) is 6.73. The van der Waals surface area contributed by atoms with Crippen molar-refractivity contribution in [2.75, 3.05) is 18.7 Å². The molecule has 0 spiro atoms. The van der Waals surface area contributed by atoms with Crippen molar-refractivity contribution in [3.05, 3.63) is 36.4 Å². The number of carbonyl (C=O) groups is 1. The zero-order valence-corrected chi connectivity index (χ0v) is 13.1. The van der Waals surface area contributed by atoms with Gasteiger partial charge in [0.15, 0.2) is 0 Å². The first kappa shape index (κ1) is 17.2. The molecule has 116 valence electrons. The summed E-state index contributed by atoms with van der Waals surface area (Å²) in [6.45, 7) is 5.32. The molecule has 6 nitrogen and oxygen atoms in total. The number of nitrogens with one attached hydrogen (secondary N) is 1. The van der Waals surface area contributed by atoms with Crippen LogP contribution in [0.1, 0.15) is 13.3 Å². The molecule has 0 fully saturated rings. The van der Waals surface area contributed by atoms with Gasteiger partial charge < -0.3 is 10.1 Å². The molecule has 0 radical (unpaired) electrons. The number of ether oxygens (including phenoxy) is 1. The largest absolute Gasteiger partial charge is 0.497 e. The van der Waals surface area contributed by atoms with Crippen molar-refractivity contribution in [3.8, 4) is 5.75 Å². The molecule has 1 rings (SSSR count). The van der Waals surface area contributed by atoms with E-state index in [1.54, 1.807) is 38.3 Å². The first-order valence-electron chi connectivity index (χ1n) is 6.29. The van der Waals surface area contributed by atoms with E-state index in [1.165, 1.54) is 0 Å². The van der Waals surface area contributed by atoms with Crippen molar-refractivity contribution in [1.82, 2.24) is 0 Å². The third-order valence-corrected chi connectivity index (χ3v) is 3.27. The topological polar surface area (TPSA) is 81.7 Å². The molecule has 7 heteroatoms. The van der Waals surface area contributed by atoms with Gasteiger partial charge in [0.2, 0.25) is 0 Å². The molecule has 0 aromatic heterocycles. The van der Waals surface area contributed by atoms with Crippen LogP contribution in [0.5, 0.6) is 5.75 Å². The first-order chi connectivity index (χ1) is 9.76. The smallest absolute Gasteiger partial charge is 0.264 e. The number of carbonyl (C=O) groups excluding carboxylic acids is 1. The van der Waals surface area contributed by atoms with Crippen molar-refractivity contribution in [2.45, 2.75) is 19.4 Å². The first-order valence-corrected chi connectivity index (χ1v) is 8.11. The molecule has 0 bridgehead atoms. The molecule has 1 amide bonds. The minimum absolute atomic E-state index is 0.0544. The second-order valence-electron chi connectivity index (χ2n) is 4.41. The van der Waals surface area contributed by atoms with Gasteiger partial charge in [-0.25, -0.2) is 0 Å². The minimum atomic E-state index is -3.65. The number of amides is 1. The van der Waals surface area contributed by atoms with Crippen LogP contribution < -0.4 is 10.1 Å². The molecule has 0 saturated heterocycles. The molecule has 1 atom stereocenters. The number of methoxy groups -OCH3 is 1. The molecule has 21 heavy (non-hydrogen) atoms.